The summed E-state index contributed by atoms with van der Waals surface area (Å²) in [6, 6.07) is 15.4. The highest BCUT2D eigenvalue weighted by molar-refractivity contribution is 9.10. The molecule has 6 heteroatoms. The molecular weight excluding hydrogens is 382 g/mol. The molecule has 0 atom stereocenters. The minimum absolute atomic E-state index is 0.271. The predicted molar refractivity (Wildman–Crippen MR) is 105 cm³/mol. The maximum atomic E-state index is 12.2. The summed E-state index contributed by atoms with van der Waals surface area (Å²) >= 11 is 3.43. The second-order valence-corrected chi connectivity index (χ2v) is 6.52. The normalized spacial score (nSPS) is 14.5. The molecule has 1 aliphatic rings. The summed E-state index contributed by atoms with van der Waals surface area (Å²) < 4.78 is 6.39. The fourth-order valence-corrected chi connectivity index (χ4v) is 3.06. The number of carbonyl (C=O) groups excluding carboxylic acids is 1. The van der Waals surface area contributed by atoms with Crippen LogP contribution in [0.15, 0.2) is 59.2 Å². The van der Waals surface area contributed by atoms with E-state index in [4.69, 9.17) is 4.74 Å². The summed E-state index contributed by atoms with van der Waals surface area (Å²) in [5.41, 5.74) is 2.80. The van der Waals surface area contributed by atoms with E-state index in [2.05, 4.69) is 31.5 Å². The molecular formula is C19H20BrN3O2. The van der Waals surface area contributed by atoms with Crippen LogP contribution in [-0.4, -0.2) is 32.3 Å². The smallest absolute Gasteiger partial charge is 0.323 e. The zero-order valence-electron chi connectivity index (χ0n) is 13.7. The highest BCUT2D eigenvalue weighted by Gasteiger charge is 2.15. The van der Waals surface area contributed by atoms with E-state index in [1.807, 2.05) is 54.6 Å². The molecule has 2 amide bonds. The molecule has 2 aromatic rings. The molecule has 1 aliphatic heterocycles. The van der Waals surface area contributed by atoms with Crippen molar-refractivity contribution in [3.05, 3.63) is 64.8 Å². The van der Waals surface area contributed by atoms with Gasteiger partial charge in [-0.1, -0.05) is 40.2 Å². The van der Waals surface area contributed by atoms with Crippen LogP contribution in [0.1, 0.15) is 5.56 Å². The Bertz CT molecular complexity index is 758. The molecule has 0 bridgehead atoms. The number of halogens is 1. The van der Waals surface area contributed by atoms with Gasteiger partial charge in [0.15, 0.2) is 0 Å². The van der Waals surface area contributed by atoms with Gasteiger partial charge in [-0.25, -0.2) is 4.79 Å². The summed E-state index contributed by atoms with van der Waals surface area (Å²) in [5, 5.41) is 5.65. The predicted octanol–water partition coefficient (Wildman–Crippen LogP) is 4.08. The number of nitrogens with zero attached hydrogens (tertiary/aromatic N) is 1. The van der Waals surface area contributed by atoms with Gasteiger partial charge in [-0.05, 0) is 35.9 Å². The van der Waals surface area contributed by atoms with Crippen LogP contribution in [0.4, 0.5) is 16.2 Å². The number of hydrogen-bond donors (Lipinski definition) is 2. The molecule has 130 valence electrons. The van der Waals surface area contributed by atoms with Crippen molar-refractivity contribution >= 4 is 39.4 Å². The molecule has 0 radical (unpaired) electrons. The van der Waals surface area contributed by atoms with E-state index in [9.17, 15) is 4.79 Å². The Morgan fingerprint density at radius 3 is 2.72 bits per heavy atom. The van der Waals surface area contributed by atoms with E-state index in [1.165, 1.54) is 0 Å². The SMILES string of the molecule is O=C(N/C=C/c1cccc(Br)c1)Nc1ccccc1N1CCOCC1. The minimum atomic E-state index is -0.271. The Kier molecular flexibility index (Phi) is 6.09. The van der Waals surface area contributed by atoms with Gasteiger partial charge >= 0.3 is 6.03 Å². The highest BCUT2D eigenvalue weighted by atomic mass is 79.9. The summed E-state index contributed by atoms with van der Waals surface area (Å²) in [6.07, 6.45) is 3.48. The second kappa shape index (κ2) is 8.69. The zero-order chi connectivity index (χ0) is 17.5. The topological polar surface area (TPSA) is 53.6 Å². The van der Waals surface area contributed by atoms with E-state index in [0.717, 1.165) is 34.5 Å². The van der Waals surface area contributed by atoms with Gasteiger partial charge in [0.1, 0.15) is 0 Å². The van der Waals surface area contributed by atoms with Crippen molar-refractivity contribution in [2.45, 2.75) is 0 Å². The Balaban J connectivity index is 1.61. The number of anilines is 2. The van der Waals surface area contributed by atoms with Crippen LogP contribution >= 0.6 is 15.9 Å². The molecule has 0 spiro atoms. The molecule has 5 nitrogen and oxygen atoms in total. The summed E-state index contributed by atoms with van der Waals surface area (Å²) in [7, 11) is 0. The van der Waals surface area contributed by atoms with Crippen LogP contribution in [-0.2, 0) is 4.74 Å². The van der Waals surface area contributed by atoms with Crippen LogP contribution in [0.2, 0.25) is 0 Å². The van der Waals surface area contributed by atoms with Crippen LogP contribution in [0.5, 0.6) is 0 Å². The minimum Gasteiger partial charge on any atom is -0.378 e. The number of amides is 2. The lowest BCUT2D eigenvalue weighted by Crippen LogP contribution is -2.37. The molecule has 0 saturated carbocycles. The van der Waals surface area contributed by atoms with Crippen LogP contribution in [0.25, 0.3) is 6.08 Å². The molecule has 25 heavy (non-hydrogen) atoms. The summed E-state index contributed by atoms with van der Waals surface area (Å²) in [4.78, 5) is 14.4. The highest BCUT2D eigenvalue weighted by Crippen LogP contribution is 2.26. The molecule has 1 fully saturated rings. The van der Waals surface area contributed by atoms with Gasteiger partial charge in [0.05, 0.1) is 24.6 Å². The molecule has 2 N–H and O–H groups in total. The number of para-hydroxylation sites is 2. The third-order valence-electron chi connectivity index (χ3n) is 3.84. The van der Waals surface area contributed by atoms with Gasteiger partial charge in [-0.2, -0.15) is 0 Å². The molecule has 0 unspecified atom stereocenters. The standard InChI is InChI=1S/C19H20BrN3O2/c20-16-5-3-4-15(14-16)8-9-21-19(24)22-17-6-1-2-7-18(17)23-10-12-25-13-11-23/h1-9,14H,10-13H2,(H2,21,22,24)/b9-8+. The van der Waals surface area contributed by atoms with Crippen molar-refractivity contribution < 1.29 is 9.53 Å². The zero-order valence-corrected chi connectivity index (χ0v) is 15.3. The number of hydrogen-bond acceptors (Lipinski definition) is 3. The lowest BCUT2D eigenvalue weighted by molar-refractivity contribution is 0.123. The fourth-order valence-electron chi connectivity index (χ4n) is 2.64. The summed E-state index contributed by atoms with van der Waals surface area (Å²) in [5.74, 6) is 0. The fraction of sp³-hybridized carbons (Fsp3) is 0.211. The van der Waals surface area contributed by atoms with E-state index in [-0.39, 0.29) is 6.03 Å². The van der Waals surface area contributed by atoms with Crippen molar-refractivity contribution in [2.75, 3.05) is 36.5 Å². The third kappa shape index (κ3) is 5.08. The van der Waals surface area contributed by atoms with Gasteiger partial charge < -0.3 is 20.3 Å². The van der Waals surface area contributed by atoms with Crippen LogP contribution < -0.4 is 15.5 Å². The number of nitrogens with one attached hydrogen (secondary N) is 2. The summed E-state index contributed by atoms with van der Waals surface area (Å²) in [6.45, 7) is 3.05. The van der Waals surface area contributed by atoms with Gasteiger partial charge in [-0.3, -0.25) is 0 Å². The first-order valence-corrected chi connectivity index (χ1v) is 8.93. The Labute approximate surface area is 155 Å². The molecule has 1 saturated heterocycles. The molecule has 0 aliphatic carbocycles. The molecule has 0 aromatic heterocycles. The first-order valence-electron chi connectivity index (χ1n) is 8.14. The first-order chi connectivity index (χ1) is 12.2. The van der Waals surface area contributed by atoms with Gasteiger partial charge in [0.25, 0.3) is 0 Å². The maximum Gasteiger partial charge on any atom is 0.323 e. The molecule has 1 heterocycles. The number of rotatable bonds is 4. The number of urea groups is 1. The molecule has 3 rings (SSSR count). The van der Waals surface area contributed by atoms with E-state index < -0.39 is 0 Å². The quantitative estimate of drug-likeness (QED) is 0.811. The maximum absolute atomic E-state index is 12.2. The van der Waals surface area contributed by atoms with Crippen LogP contribution in [0, 0.1) is 0 Å². The number of ether oxygens (including phenoxy) is 1. The average Bonchev–Trinajstić information content (AvgIpc) is 2.63. The third-order valence-corrected chi connectivity index (χ3v) is 4.34. The van der Waals surface area contributed by atoms with Crippen LogP contribution in [0.3, 0.4) is 0 Å². The van der Waals surface area contributed by atoms with Crippen molar-refractivity contribution in [1.82, 2.24) is 5.32 Å². The largest absolute Gasteiger partial charge is 0.378 e. The Morgan fingerprint density at radius 1 is 1.12 bits per heavy atom. The lowest BCUT2D eigenvalue weighted by atomic mass is 10.2. The van der Waals surface area contributed by atoms with Gasteiger partial charge in [-0.15, -0.1) is 0 Å². The van der Waals surface area contributed by atoms with E-state index in [0.29, 0.717) is 13.2 Å². The molecule has 2 aromatic carbocycles. The van der Waals surface area contributed by atoms with Crippen molar-refractivity contribution in [3.8, 4) is 0 Å². The monoisotopic (exact) mass is 401 g/mol. The first kappa shape index (κ1) is 17.5. The number of morpholine rings is 1. The number of carbonyl (C=O) groups is 1. The van der Waals surface area contributed by atoms with Gasteiger partial charge in [0, 0.05) is 23.8 Å². The lowest BCUT2D eigenvalue weighted by Gasteiger charge is -2.30. The van der Waals surface area contributed by atoms with Gasteiger partial charge in [0.2, 0.25) is 0 Å². The Morgan fingerprint density at radius 2 is 1.92 bits per heavy atom. The van der Waals surface area contributed by atoms with E-state index in [1.54, 1.807) is 6.20 Å². The second-order valence-electron chi connectivity index (χ2n) is 5.60. The average molecular weight is 402 g/mol. The van der Waals surface area contributed by atoms with Crippen molar-refractivity contribution in [3.63, 3.8) is 0 Å². The number of benzene rings is 2. The van der Waals surface area contributed by atoms with E-state index >= 15 is 0 Å². The van der Waals surface area contributed by atoms with Crippen molar-refractivity contribution in [2.24, 2.45) is 0 Å². The van der Waals surface area contributed by atoms with Crippen molar-refractivity contribution in [1.29, 1.82) is 0 Å². The Hall–Kier alpha value is -2.31.